The fraction of sp³-hybridized carbons (Fsp3) is 0.267. The lowest BCUT2D eigenvalue weighted by Crippen LogP contribution is -1.96. The Kier molecular flexibility index (Phi) is 6.76. The van der Waals surface area contributed by atoms with Gasteiger partial charge in [0.1, 0.15) is 0 Å². The number of benzene rings is 1. The summed E-state index contributed by atoms with van der Waals surface area (Å²) in [5, 5.41) is 0. The largest absolute Gasteiger partial charge is 0.290 e. The van der Waals surface area contributed by atoms with Gasteiger partial charge in [0.2, 0.25) is 0 Å². The maximum absolute atomic E-state index is 11.6. The first-order valence-electron chi connectivity index (χ1n) is 6.13. The van der Waals surface area contributed by atoms with Gasteiger partial charge in [0.05, 0.1) is 4.21 Å². The molecule has 1 nitrogen and oxygen atoms in total. The van der Waals surface area contributed by atoms with E-state index in [1.165, 1.54) is 0 Å². The van der Waals surface area contributed by atoms with Gasteiger partial charge in [0.25, 0.3) is 0 Å². The maximum atomic E-state index is 11.6. The molecule has 1 aromatic carbocycles. The van der Waals surface area contributed by atoms with Gasteiger partial charge in [-0.25, -0.2) is 0 Å². The topological polar surface area (TPSA) is 17.1 Å². The lowest BCUT2D eigenvalue weighted by molar-refractivity contribution is 1.49. The second-order valence-corrected chi connectivity index (χ2v) is 5.92. The average Bonchev–Trinajstić information content (AvgIpc) is 2.42. The first-order chi connectivity index (χ1) is 8.79. The van der Waals surface area contributed by atoms with Crippen LogP contribution in [0.15, 0.2) is 51.5 Å². The third-order valence-electron chi connectivity index (χ3n) is 2.09. The fourth-order valence-corrected chi connectivity index (χ4v) is 3.58. The van der Waals surface area contributed by atoms with Gasteiger partial charge in [-0.1, -0.05) is 51.1 Å². The van der Waals surface area contributed by atoms with E-state index in [1.807, 2.05) is 44.2 Å². The van der Waals surface area contributed by atoms with Crippen molar-refractivity contribution in [3.63, 3.8) is 0 Å². The molecule has 0 amide bonds. The van der Waals surface area contributed by atoms with Crippen LogP contribution < -0.4 is 5.43 Å². The molecule has 0 aliphatic rings. The highest BCUT2D eigenvalue weighted by Gasteiger charge is 2.02. The second-order valence-electron chi connectivity index (χ2n) is 3.28. The lowest BCUT2D eigenvalue weighted by atomic mass is 10.2. The van der Waals surface area contributed by atoms with Crippen molar-refractivity contribution in [1.82, 2.24) is 0 Å². The first-order valence-corrected chi connectivity index (χ1v) is 7.93. The van der Waals surface area contributed by atoms with Gasteiger partial charge in [-0.15, -0.1) is 23.1 Å². The van der Waals surface area contributed by atoms with Gasteiger partial charge in [-0.05, 0) is 11.3 Å². The normalized spacial score (nSPS) is 9.50. The molecule has 3 heteroatoms. The van der Waals surface area contributed by atoms with Gasteiger partial charge in [0, 0.05) is 17.0 Å². The predicted molar refractivity (Wildman–Crippen MR) is 83.8 cm³/mol. The highest BCUT2D eigenvalue weighted by Crippen LogP contribution is 2.29. The van der Waals surface area contributed by atoms with E-state index in [9.17, 15) is 4.79 Å². The summed E-state index contributed by atoms with van der Waals surface area (Å²) in [6.07, 6.45) is 0. The minimum absolute atomic E-state index is 0.0913. The van der Waals surface area contributed by atoms with Crippen molar-refractivity contribution in [3.8, 4) is 10.4 Å². The Morgan fingerprint density at radius 2 is 1.78 bits per heavy atom. The molecular weight excluding hydrogens is 260 g/mol. The number of rotatable bonds is 3. The van der Waals surface area contributed by atoms with E-state index < -0.39 is 0 Å². The smallest absolute Gasteiger partial charge is 0.182 e. The third-order valence-corrected chi connectivity index (χ3v) is 4.28. The van der Waals surface area contributed by atoms with Crippen LogP contribution in [0.4, 0.5) is 0 Å². The van der Waals surface area contributed by atoms with E-state index in [1.54, 1.807) is 35.2 Å². The van der Waals surface area contributed by atoms with E-state index in [4.69, 9.17) is 0 Å². The molecule has 0 spiro atoms. The molecule has 0 aliphatic heterocycles. The Morgan fingerprint density at radius 1 is 1.11 bits per heavy atom. The van der Waals surface area contributed by atoms with Crippen LogP contribution in [0.25, 0.3) is 10.4 Å². The van der Waals surface area contributed by atoms with Crippen molar-refractivity contribution in [2.24, 2.45) is 0 Å². The number of hydrogen-bond donors (Lipinski definition) is 0. The minimum atomic E-state index is 0.0913. The zero-order valence-corrected chi connectivity index (χ0v) is 12.6. The van der Waals surface area contributed by atoms with E-state index >= 15 is 0 Å². The van der Waals surface area contributed by atoms with Crippen LogP contribution >= 0.6 is 23.1 Å². The molecule has 0 saturated heterocycles. The monoisotopic (exact) mass is 278 g/mol. The van der Waals surface area contributed by atoms with E-state index in [-0.39, 0.29) is 5.43 Å². The van der Waals surface area contributed by atoms with Crippen LogP contribution in [0.2, 0.25) is 0 Å². The summed E-state index contributed by atoms with van der Waals surface area (Å²) in [4.78, 5) is 12.6. The maximum Gasteiger partial charge on any atom is 0.182 e. The van der Waals surface area contributed by atoms with Gasteiger partial charge in [-0.2, -0.15) is 0 Å². The average molecular weight is 278 g/mol. The van der Waals surface area contributed by atoms with Crippen molar-refractivity contribution < 1.29 is 0 Å². The summed E-state index contributed by atoms with van der Waals surface area (Å²) in [7, 11) is 0. The van der Waals surface area contributed by atoms with Crippen molar-refractivity contribution in [2.75, 3.05) is 5.75 Å². The molecule has 0 N–H and O–H groups in total. The molecule has 96 valence electrons. The molecular formula is C15H18OS2. The summed E-state index contributed by atoms with van der Waals surface area (Å²) >= 11 is 3.39. The summed E-state index contributed by atoms with van der Waals surface area (Å²) < 4.78 is 1.09. The summed E-state index contributed by atoms with van der Waals surface area (Å²) in [5.74, 6) is 0.994. The molecule has 0 unspecified atom stereocenters. The van der Waals surface area contributed by atoms with Crippen molar-refractivity contribution >= 4 is 23.1 Å². The van der Waals surface area contributed by atoms with Crippen LogP contribution in [-0.2, 0) is 0 Å². The molecule has 0 fully saturated rings. The van der Waals surface area contributed by atoms with Crippen LogP contribution in [0.1, 0.15) is 20.8 Å². The Hall–Kier alpha value is -1.06. The first kappa shape index (κ1) is 15.0. The Labute approximate surface area is 117 Å². The van der Waals surface area contributed by atoms with Gasteiger partial charge < -0.3 is 0 Å². The second kappa shape index (κ2) is 8.11. The minimum Gasteiger partial charge on any atom is -0.290 e. The third kappa shape index (κ3) is 4.31. The zero-order chi connectivity index (χ0) is 13.4. The molecule has 0 bridgehead atoms. The SMILES string of the molecule is CC.CCSc1cc(=O)cc(-c2ccccc2)s1. The van der Waals surface area contributed by atoms with Crippen LogP contribution in [0.5, 0.6) is 0 Å². The molecule has 1 heterocycles. The summed E-state index contributed by atoms with van der Waals surface area (Å²) in [5.41, 5.74) is 1.21. The van der Waals surface area contributed by atoms with Crippen LogP contribution in [0, 0.1) is 0 Å². The van der Waals surface area contributed by atoms with Crippen LogP contribution in [0.3, 0.4) is 0 Å². The van der Waals surface area contributed by atoms with Gasteiger partial charge in [0.15, 0.2) is 5.43 Å². The molecule has 0 aliphatic carbocycles. The molecule has 0 radical (unpaired) electrons. The molecule has 2 rings (SSSR count). The summed E-state index contributed by atoms with van der Waals surface area (Å²) in [6, 6.07) is 13.5. The number of thioether (sulfide) groups is 1. The van der Waals surface area contributed by atoms with Crippen molar-refractivity contribution in [1.29, 1.82) is 0 Å². The van der Waals surface area contributed by atoms with Crippen molar-refractivity contribution in [2.45, 2.75) is 25.0 Å². The quantitative estimate of drug-likeness (QED) is 0.742. The molecule has 0 atom stereocenters. The Morgan fingerprint density at radius 3 is 2.39 bits per heavy atom. The highest BCUT2D eigenvalue weighted by atomic mass is 32.2. The van der Waals surface area contributed by atoms with E-state index in [2.05, 4.69) is 6.92 Å². The molecule has 1 aromatic heterocycles. The highest BCUT2D eigenvalue weighted by molar-refractivity contribution is 8.01. The predicted octanol–water partition coefficient (Wildman–Crippen LogP) is 4.91. The van der Waals surface area contributed by atoms with Gasteiger partial charge in [-0.3, -0.25) is 4.79 Å². The van der Waals surface area contributed by atoms with Gasteiger partial charge >= 0.3 is 0 Å². The van der Waals surface area contributed by atoms with Crippen LogP contribution in [-0.4, -0.2) is 5.75 Å². The Balaban J connectivity index is 0.000000771. The lowest BCUT2D eigenvalue weighted by Gasteiger charge is -2.02. The van der Waals surface area contributed by atoms with E-state index in [0.717, 1.165) is 20.4 Å². The number of hydrogen-bond acceptors (Lipinski definition) is 3. The summed E-state index contributed by atoms with van der Waals surface area (Å²) in [6.45, 7) is 6.09. The Bertz CT molecular complexity index is 518. The zero-order valence-electron chi connectivity index (χ0n) is 11.0. The van der Waals surface area contributed by atoms with Crippen molar-refractivity contribution in [3.05, 3.63) is 52.7 Å². The standard InChI is InChI=1S/C13H12OS2.C2H6/c1-2-15-13-9-11(14)8-12(16-13)10-6-4-3-5-7-10;1-2/h3-9H,2H2,1H3;1-2H3. The molecule has 18 heavy (non-hydrogen) atoms. The molecule has 2 aromatic rings. The molecule has 0 saturated carbocycles. The fourth-order valence-electron chi connectivity index (χ4n) is 1.41. The van der Waals surface area contributed by atoms with E-state index in [0.29, 0.717) is 0 Å².